The van der Waals surface area contributed by atoms with Gasteiger partial charge in [0.25, 0.3) is 0 Å². The van der Waals surface area contributed by atoms with Crippen molar-refractivity contribution < 1.29 is 4.52 Å². The quantitative estimate of drug-likeness (QED) is 0.841. The third-order valence-electron chi connectivity index (χ3n) is 2.61. The third-order valence-corrected chi connectivity index (χ3v) is 2.61. The van der Waals surface area contributed by atoms with Crippen molar-refractivity contribution in [2.24, 2.45) is 4.99 Å². The van der Waals surface area contributed by atoms with Gasteiger partial charge < -0.3 is 9.84 Å². The van der Waals surface area contributed by atoms with E-state index in [1.165, 1.54) is 19.3 Å². The zero-order chi connectivity index (χ0) is 11.2. The van der Waals surface area contributed by atoms with Gasteiger partial charge in [0.2, 0.25) is 5.89 Å². The molecule has 0 bridgehead atoms. The van der Waals surface area contributed by atoms with Crippen molar-refractivity contribution in [2.75, 3.05) is 13.1 Å². The van der Waals surface area contributed by atoms with E-state index in [4.69, 9.17) is 4.52 Å². The summed E-state index contributed by atoms with van der Waals surface area (Å²) in [6, 6.07) is 0. The van der Waals surface area contributed by atoms with Gasteiger partial charge in [-0.3, -0.25) is 4.99 Å². The van der Waals surface area contributed by atoms with E-state index < -0.39 is 0 Å². The first-order valence-electron chi connectivity index (χ1n) is 5.91. The molecule has 0 unspecified atom stereocenters. The van der Waals surface area contributed by atoms with Crippen LogP contribution in [-0.4, -0.2) is 29.1 Å². The van der Waals surface area contributed by atoms with Crippen LogP contribution in [0.15, 0.2) is 9.52 Å². The number of amidine groups is 1. The first kappa shape index (κ1) is 11.1. The van der Waals surface area contributed by atoms with Gasteiger partial charge in [-0.15, -0.1) is 0 Å². The van der Waals surface area contributed by atoms with Crippen LogP contribution in [0.4, 0.5) is 0 Å². The Morgan fingerprint density at radius 1 is 1.31 bits per heavy atom. The van der Waals surface area contributed by atoms with Crippen LogP contribution in [0.25, 0.3) is 0 Å². The Balaban J connectivity index is 1.73. The van der Waals surface area contributed by atoms with Crippen LogP contribution in [0.2, 0.25) is 0 Å². The number of rotatable bonds is 3. The molecule has 0 saturated carbocycles. The summed E-state index contributed by atoms with van der Waals surface area (Å²) in [6.45, 7) is 3.61. The predicted molar refractivity (Wildman–Crippen MR) is 61.5 cm³/mol. The maximum absolute atomic E-state index is 5.04. The fourth-order valence-electron chi connectivity index (χ4n) is 1.77. The lowest BCUT2D eigenvalue weighted by Crippen LogP contribution is -2.25. The molecular weight excluding hydrogens is 204 g/mol. The second-order valence-corrected chi connectivity index (χ2v) is 4.05. The van der Waals surface area contributed by atoms with Gasteiger partial charge >= 0.3 is 0 Å². The lowest BCUT2D eigenvalue weighted by molar-refractivity contribution is 0.374. The van der Waals surface area contributed by atoms with Crippen molar-refractivity contribution in [3.05, 3.63) is 11.7 Å². The van der Waals surface area contributed by atoms with Gasteiger partial charge in [-0.25, -0.2) is 0 Å². The van der Waals surface area contributed by atoms with Crippen LogP contribution in [0, 0.1) is 6.92 Å². The minimum Gasteiger partial charge on any atom is -0.373 e. The van der Waals surface area contributed by atoms with Gasteiger partial charge in [0.05, 0.1) is 5.84 Å². The lowest BCUT2D eigenvalue weighted by atomic mass is 10.2. The lowest BCUT2D eigenvalue weighted by Gasteiger charge is -2.05. The highest BCUT2D eigenvalue weighted by Gasteiger charge is 2.05. The van der Waals surface area contributed by atoms with Gasteiger partial charge in [0, 0.05) is 25.9 Å². The average Bonchev–Trinajstić information content (AvgIpc) is 2.54. The molecule has 16 heavy (non-hydrogen) atoms. The molecule has 2 rings (SSSR count). The number of hydrogen-bond acceptors (Lipinski definition) is 5. The second-order valence-electron chi connectivity index (χ2n) is 4.05. The van der Waals surface area contributed by atoms with Gasteiger partial charge in [0.15, 0.2) is 5.82 Å². The standard InChI is InChI=1S/C11H18N4O/c1-9-14-11(16-15-9)6-8-13-10-5-3-2-4-7-12-10/h2-8H2,1H3,(H,12,13). The molecule has 5 heteroatoms. The van der Waals surface area contributed by atoms with E-state index in [1.807, 2.05) is 6.92 Å². The molecule has 0 radical (unpaired) electrons. The zero-order valence-corrected chi connectivity index (χ0v) is 9.70. The maximum atomic E-state index is 5.04. The molecular formula is C11H18N4O. The summed E-state index contributed by atoms with van der Waals surface area (Å²) in [4.78, 5) is 8.65. The molecule has 1 aliphatic rings. The largest absolute Gasteiger partial charge is 0.373 e. The highest BCUT2D eigenvalue weighted by atomic mass is 16.5. The number of aryl methyl sites for hydroxylation is 1. The summed E-state index contributed by atoms with van der Waals surface area (Å²) in [6.07, 6.45) is 5.58. The van der Waals surface area contributed by atoms with Crippen LogP contribution in [0.1, 0.15) is 37.4 Å². The summed E-state index contributed by atoms with van der Waals surface area (Å²) < 4.78 is 5.04. The molecule has 88 valence electrons. The molecule has 5 nitrogen and oxygen atoms in total. The Labute approximate surface area is 95.3 Å². The Morgan fingerprint density at radius 2 is 2.25 bits per heavy atom. The Hall–Kier alpha value is -1.39. The Bertz CT molecular complexity index is 359. The minimum atomic E-state index is 0.694. The first-order valence-corrected chi connectivity index (χ1v) is 5.91. The van der Waals surface area contributed by atoms with Gasteiger partial charge in [-0.2, -0.15) is 4.98 Å². The topological polar surface area (TPSA) is 63.3 Å². The molecule has 1 aliphatic heterocycles. The highest BCUT2D eigenvalue weighted by Crippen LogP contribution is 2.06. The van der Waals surface area contributed by atoms with Crippen molar-refractivity contribution in [3.8, 4) is 0 Å². The van der Waals surface area contributed by atoms with Crippen LogP contribution in [0.5, 0.6) is 0 Å². The first-order chi connectivity index (χ1) is 7.84. The van der Waals surface area contributed by atoms with Crippen molar-refractivity contribution in [2.45, 2.75) is 39.0 Å². The van der Waals surface area contributed by atoms with Gasteiger partial charge in [0.1, 0.15) is 0 Å². The van der Waals surface area contributed by atoms with Crippen LogP contribution in [-0.2, 0) is 6.42 Å². The van der Waals surface area contributed by atoms with Gasteiger partial charge in [-0.1, -0.05) is 11.6 Å². The molecule has 0 aliphatic carbocycles. The monoisotopic (exact) mass is 222 g/mol. The summed E-state index contributed by atoms with van der Waals surface area (Å²) in [5, 5.41) is 7.09. The average molecular weight is 222 g/mol. The smallest absolute Gasteiger partial charge is 0.228 e. The summed E-state index contributed by atoms with van der Waals surface area (Å²) in [5.41, 5.74) is 0. The number of aliphatic imine (C=N–C) groups is 1. The van der Waals surface area contributed by atoms with E-state index in [0.29, 0.717) is 11.7 Å². The van der Waals surface area contributed by atoms with E-state index in [2.05, 4.69) is 20.4 Å². The van der Waals surface area contributed by atoms with E-state index >= 15 is 0 Å². The van der Waals surface area contributed by atoms with Crippen molar-refractivity contribution >= 4 is 5.84 Å². The molecule has 0 atom stereocenters. The number of nitrogens with one attached hydrogen (secondary N) is 1. The third kappa shape index (κ3) is 3.32. The van der Waals surface area contributed by atoms with Crippen LogP contribution < -0.4 is 5.32 Å². The molecule has 0 spiro atoms. The Kier molecular flexibility index (Phi) is 3.91. The molecule has 0 fully saturated rings. The minimum absolute atomic E-state index is 0.694. The molecule has 0 saturated heterocycles. The van der Waals surface area contributed by atoms with E-state index in [1.54, 1.807) is 0 Å². The van der Waals surface area contributed by atoms with Crippen LogP contribution in [0.3, 0.4) is 0 Å². The number of hydrogen-bond donors (Lipinski definition) is 1. The van der Waals surface area contributed by atoms with Crippen LogP contribution >= 0.6 is 0 Å². The molecule has 0 amide bonds. The number of nitrogens with zero attached hydrogens (tertiary/aromatic N) is 3. The fraction of sp³-hybridized carbons (Fsp3) is 0.727. The second kappa shape index (κ2) is 5.63. The highest BCUT2D eigenvalue weighted by molar-refractivity contribution is 5.82. The Morgan fingerprint density at radius 3 is 3.06 bits per heavy atom. The van der Waals surface area contributed by atoms with E-state index in [9.17, 15) is 0 Å². The molecule has 1 aromatic rings. The summed E-state index contributed by atoms with van der Waals surface area (Å²) >= 11 is 0. The maximum Gasteiger partial charge on any atom is 0.228 e. The normalized spacial score (nSPS) is 16.7. The number of aromatic nitrogens is 2. The SMILES string of the molecule is Cc1noc(CCNC2=NCCCCC2)n1. The summed E-state index contributed by atoms with van der Waals surface area (Å²) in [7, 11) is 0. The zero-order valence-electron chi connectivity index (χ0n) is 9.70. The van der Waals surface area contributed by atoms with Crippen molar-refractivity contribution in [1.29, 1.82) is 0 Å². The predicted octanol–water partition coefficient (Wildman–Crippen LogP) is 1.48. The fourth-order valence-corrected chi connectivity index (χ4v) is 1.77. The van der Waals surface area contributed by atoms with E-state index in [-0.39, 0.29) is 0 Å². The molecule has 0 aromatic carbocycles. The van der Waals surface area contributed by atoms with Crippen molar-refractivity contribution in [1.82, 2.24) is 15.5 Å². The van der Waals surface area contributed by atoms with E-state index in [0.717, 1.165) is 31.8 Å². The summed E-state index contributed by atoms with van der Waals surface area (Å²) in [5.74, 6) is 2.52. The van der Waals surface area contributed by atoms with Crippen molar-refractivity contribution in [3.63, 3.8) is 0 Å². The molecule has 2 heterocycles. The molecule has 1 aromatic heterocycles. The molecule has 1 N–H and O–H groups in total. The van der Waals surface area contributed by atoms with Gasteiger partial charge in [-0.05, 0) is 19.8 Å².